The molecule has 0 bridgehead atoms. The molecule has 2 aromatic carbocycles. The van der Waals surface area contributed by atoms with E-state index in [9.17, 15) is 5.11 Å². The minimum Gasteiger partial charge on any atom is -0.492 e. The Balaban J connectivity index is 1.67. The van der Waals surface area contributed by atoms with Gasteiger partial charge >= 0.3 is 0 Å². The smallest absolute Gasteiger partial charge is 0.235 e. The number of hydrogen-bond donors (Lipinski definition) is 2. The van der Waals surface area contributed by atoms with E-state index in [0.717, 1.165) is 35.1 Å². The van der Waals surface area contributed by atoms with Crippen molar-refractivity contribution in [3.8, 4) is 28.4 Å². The number of benzene rings is 2. The third-order valence-corrected chi connectivity index (χ3v) is 5.20. The van der Waals surface area contributed by atoms with E-state index in [2.05, 4.69) is 39.1 Å². The fourth-order valence-corrected chi connectivity index (χ4v) is 3.57. The monoisotopic (exact) mass is 420 g/mol. The van der Waals surface area contributed by atoms with Crippen molar-refractivity contribution in [1.29, 1.82) is 0 Å². The van der Waals surface area contributed by atoms with E-state index in [1.54, 1.807) is 4.57 Å². The SMILES string of the molecule is C=C(c1ccc(-c2ccccc2-c2nn[nH]n2)cc1)n1c(CCCC)nc(Cl)c1O. The second-order valence-electron chi connectivity index (χ2n) is 6.89. The maximum absolute atomic E-state index is 10.4. The van der Waals surface area contributed by atoms with Gasteiger partial charge < -0.3 is 5.11 Å². The van der Waals surface area contributed by atoms with Crippen LogP contribution in [0.15, 0.2) is 55.1 Å². The number of imidazole rings is 1. The summed E-state index contributed by atoms with van der Waals surface area (Å²) in [7, 11) is 0. The fourth-order valence-electron chi connectivity index (χ4n) is 3.39. The summed E-state index contributed by atoms with van der Waals surface area (Å²) < 4.78 is 1.63. The largest absolute Gasteiger partial charge is 0.492 e. The molecule has 0 unspecified atom stereocenters. The average Bonchev–Trinajstić information content (AvgIpc) is 3.41. The molecule has 0 aliphatic heterocycles. The van der Waals surface area contributed by atoms with Crippen molar-refractivity contribution in [3.05, 3.63) is 71.7 Å². The Morgan fingerprint density at radius 1 is 1.13 bits per heavy atom. The molecule has 2 N–H and O–H groups in total. The molecule has 4 aromatic rings. The number of H-pyrrole nitrogens is 1. The number of nitrogens with zero attached hydrogens (tertiary/aromatic N) is 5. The molecule has 2 aromatic heterocycles. The normalized spacial score (nSPS) is 11.0. The van der Waals surface area contributed by atoms with Crippen molar-refractivity contribution in [2.75, 3.05) is 0 Å². The second-order valence-corrected chi connectivity index (χ2v) is 7.24. The van der Waals surface area contributed by atoms with E-state index >= 15 is 0 Å². The van der Waals surface area contributed by atoms with Crippen LogP contribution in [0.25, 0.3) is 28.2 Å². The number of aromatic amines is 1. The lowest BCUT2D eigenvalue weighted by atomic mass is 9.98. The lowest BCUT2D eigenvalue weighted by Crippen LogP contribution is -2.03. The van der Waals surface area contributed by atoms with Gasteiger partial charge in [0.15, 0.2) is 5.15 Å². The van der Waals surface area contributed by atoms with E-state index in [4.69, 9.17) is 11.6 Å². The molecule has 0 fully saturated rings. The van der Waals surface area contributed by atoms with Crippen molar-refractivity contribution in [2.45, 2.75) is 26.2 Å². The third kappa shape index (κ3) is 3.71. The Labute approximate surface area is 179 Å². The van der Waals surface area contributed by atoms with Crippen LogP contribution in [-0.4, -0.2) is 35.3 Å². The van der Waals surface area contributed by atoms with E-state index in [0.29, 0.717) is 23.8 Å². The number of nitrogens with one attached hydrogen (secondary N) is 1. The van der Waals surface area contributed by atoms with Crippen LogP contribution in [0.4, 0.5) is 0 Å². The molecule has 152 valence electrons. The number of hydrogen-bond acceptors (Lipinski definition) is 5. The zero-order valence-electron chi connectivity index (χ0n) is 16.5. The van der Waals surface area contributed by atoms with Gasteiger partial charge in [-0.25, -0.2) is 4.98 Å². The summed E-state index contributed by atoms with van der Waals surface area (Å²) in [4.78, 5) is 4.29. The summed E-state index contributed by atoms with van der Waals surface area (Å²) in [5.74, 6) is 1.16. The van der Waals surface area contributed by atoms with Gasteiger partial charge in [-0.1, -0.05) is 80.1 Å². The number of unbranched alkanes of at least 4 members (excludes halogenated alkanes) is 1. The molecule has 0 saturated heterocycles. The zero-order chi connectivity index (χ0) is 21.1. The molecule has 0 spiro atoms. The number of halogens is 1. The van der Waals surface area contributed by atoms with Gasteiger partial charge in [-0.3, -0.25) is 4.57 Å². The molecule has 0 radical (unpaired) electrons. The van der Waals surface area contributed by atoms with Crippen LogP contribution >= 0.6 is 11.6 Å². The third-order valence-electron chi connectivity index (χ3n) is 4.95. The molecule has 2 heterocycles. The quantitative estimate of drug-likeness (QED) is 0.441. The maximum Gasteiger partial charge on any atom is 0.235 e. The molecule has 4 rings (SSSR count). The summed E-state index contributed by atoms with van der Waals surface area (Å²) in [5, 5.41) is 24.8. The molecule has 7 nitrogen and oxygen atoms in total. The number of aryl methyl sites for hydroxylation is 1. The first-order chi connectivity index (χ1) is 14.6. The zero-order valence-corrected chi connectivity index (χ0v) is 17.3. The minimum absolute atomic E-state index is 0.0840. The fraction of sp³-hybridized carbons (Fsp3) is 0.182. The molecule has 0 saturated carbocycles. The standard InChI is InChI=1S/C22H21ClN6O/c1-3-4-9-19-24-20(23)22(30)29(19)14(2)15-10-12-16(13-11-15)17-7-5-6-8-18(17)21-25-27-28-26-21/h5-8,10-13,30H,2-4,9H2,1H3,(H,25,26,27,28). The molecule has 8 heteroatoms. The number of aromatic hydroxyl groups is 1. The molecule has 0 aliphatic carbocycles. The van der Waals surface area contributed by atoms with Gasteiger partial charge in [-0.2, -0.15) is 5.21 Å². The highest BCUT2D eigenvalue weighted by Crippen LogP contribution is 2.33. The van der Waals surface area contributed by atoms with Crippen LogP contribution in [0.2, 0.25) is 5.15 Å². The summed E-state index contributed by atoms with van der Waals surface area (Å²) in [5.41, 5.74) is 4.37. The Hall–Kier alpha value is -3.45. The molecule has 30 heavy (non-hydrogen) atoms. The van der Waals surface area contributed by atoms with Gasteiger partial charge in [0.05, 0.1) is 5.70 Å². The summed E-state index contributed by atoms with van der Waals surface area (Å²) in [6.45, 7) is 6.28. The number of rotatable bonds is 7. The van der Waals surface area contributed by atoms with Crippen LogP contribution in [0.3, 0.4) is 0 Å². The van der Waals surface area contributed by atoms with Gasteiger partial charge in [0, 0.05) is 12.0 Å². The lowest BCUT2D eigenvalue weighted by molar-refractivity contribution is 0.442. The van der Waals surface area contributed by atoms with Crippen molar-refractivity contribution in [1.82, 2.24) is 30.2 Å². The van der Waals surface area contributed by atoms with Crippen LogP contribution in [0.1, 0.15) is 31.2 Å². The minimum atomic E-state index is -0.0840. The Morgan fingerprint density at radius 3 is 2.53 bits per heavy atom. The molecular weight excluding hydrogens is 400 g/mol. The lowest BCUT2D eigenvalue weighted by Gasteiger charge is -2.13. The van der Waals surface area contributed by atoms with Gasteiger partial charge in [-0.15, -0.1) is 10.2 Å². The van der Waals surface area contributed by atoms with Crippen LogP contribution < -0.4 is 0 Å². The van der Waals surface area contributed by atoms with E-state index in [1.807, 2.05) is 48.5 Å². The first-order valence-electron chi connectivity index (χ1n) is 9.69. The predicted molar refractivity (Wildman–Crippen MR) is 117 cm³/mol. The van der Waals surface area contributed by atoms with E-state index in [-0.39, 0.29) is 11.0 Å². The molecule has 0 amide bonds. The van der Waals surface area contributed by atoms with Crippen molar-refractivity contribution in [2.24, 2.45) is 0 Å². The second kappa shape index (κ2) is 8.51. The number of tetrazole rings is 1. The van der Waals surface area contributed by atoms with Gasteiger partial charge in [0.25, 0.3) is 0 Å². The summed E-state index contributed by atoms with van der Waals surface area (Å²) >= 11 is 6.07. The van der Waals surface area contributed by atoms with E-state index < -0.39 is 0 Å². The van der Waals surface area contributed by atoms with Crippen LogP contribution in [0.5, 0.6) is 5.88 Å². The Bertz CT molecular complexity index is 1170. The van der Waals surface area contributed by atoms with Gasteiger partial charge in [0.1, 0.15) is 5.82 Å². The highest BCUT2D eigenvalue weighted by Gasteiger charge is 2.18. The maximum atomic E-state index is 10.4. The molecule has 0 atom stereocenters. The highest BCUT2D eigenvalue weighted by molar-refractivity contribution is 6.30. The molecular formula is C22H21ClN6O. The Morgan fingerprint density at radius 2 is 1.87 bits per heavy atom. The van der Waals surface area contributed by atoms with Crippen molar-refractivity contribution in [3.63, 3.8) is 0 Å². The number of aromatic nitrogens is 6. The van der Waals surface area contributed by atoms with Crippen molar-refractivity contribution >= 4 is 17.3 Å². The molecule has 0 aliphatic rings. The predicted octanol–water partition coefficient (Wildman–Crippen LogP) is 4.95. The van der Waals surface area contributed by atoms with Crippen molar-refractivity contribution < 1.29 is 5.11 Å². The average molecular weight is 421 g/mol. The first kappa shape index (κ1) is 19.8. The van der Waals surface area contributed by atoms with Gasteiger partial charge in [0.2, 0.25) is 11.7 Å². The van der Waals surface area contributed by atoms with Crippen LogP contribution in [-0.2, 0) is 6.42 Å². The van der Waals surface area contributed by atoms with E-state index in [1.165, 1.54) is 0 Å². The summed E-state index contributed by atoms with van der Waals surface area (Å²) in [6, 6.07) is 15.8. The Kier molecular flexibility index (Phi) is 5.63. The van der Waals surface area contributed by atoms with Gasteiger partial charge in [-0.05, 0) is 28.3 Å². The topological polar surface area (TPSA) is 92.5 Å². The summed E-state index contributed by atoms with van der Waals surface area (Å²) in [6.07, 6.45) is 2.68. The first-order valence-corrected chi connectivity index (χ1v) is 10.1. The van der Waals surface area contributed by atoms with Crippen LogP contribution in [0, 0.1) is 0 Å². The highest BCUT2D eigenvalue weighted by atomic mass is 35.5.